The molecule has 1 amide bonds. The summed E-state index contributed by atoms with van der Waals surface area (Å²) in [5, 5.41) is 1.91. The summed E-state index contributed by atoms with van der Waals surface area (Å²) >= 11 is 1.17. The van der Waals surface area contributed by atoms with E-state index in [0.717, 1.165) is 11.3 Å². The first-order valence-electron chi connectivity index (χ1n) is 8.93. The fourth-order valence-electron chi connectivity index (χ4n) is 2.97. The van der Waals surface area contributed by atoms with Gasteiger partial charge >= 0.3 is 0 Å². The monoisotopic (exact) mass is 408 g/mol. The number of rotatable bonds is 5. The predicted octanol–water partition coefficient (Wildman–Crippen LogP) is 2.76. The minimum atomic E-state index is -0.360. The number of nitrogen functional groups attached to an aromatic ring is 2. The molecular weight excluding hydrogens is 388 g/mol. The van der Waals surface area contributed by atoms with Gasteiger partial charge in [0.25, 0.3) is 5.91 Å². The largest absolute Gasteiger partial charge is 0.467 e. The van der Waals surface area contributed by atoms with Gasteiger partial charge in [0.1, 0.15) is 23.4 Å². The quantitative estimate of drug-likeness (QED) is 0.435. The number of hydrazine groups is 1. The number of anilines is 2. The molecule has 1 aliphatic heterocycles. The van der Waals surface area contributed by atoms with Crippen LogP contribution in [0.2, 0.25) is 0 Å². The molecule has 9 heteroatoms. The lowest BCUT2D eigenvalue weighted by molar-refractivity contribution is -0.131. The Morgan fingerprint density at radius 3 is 2.59 bits per heavy atom. The summed E-state index contributed by atoms with van der Waals surface area (Å²) in [7, 11) is 0. The Hall–Kier alpha value is -3.46. The molecule has 4 rings (SSSR count). The normalized spacial score (nSPS) is 15.8. The van der Waals surface area contributed by atoms with E-state index in [-0.39, 0.29) is 29.3 Å². The Bertz CT molecular complexity index is 1030. The van der Waals surface area contributed by atoms with Gasteiger partial charge in [0.15, 0.2) is 5.16 Å². The van der Waals surface area contributed by atoms with E-state index in [1.54, 1.807) is 17.3 Å². The molecule has 3 heterocycles. The molecule has 3 aromatic rings. The van der Waals surface area contributed by atoms with Crippen LogP contribution >= 0.6 is 11.8 Å². The van der Waals surface area contributed by atoms with Crippen LogP contribution in [-0.4, -0.2) is 26.6 Å². The van der Waals surface area contributed by atoms with Crippen LogP contribution in [0, 0.1) is 6.92 Å². The second-order valence-corrected chi connectivity index (χ2v) is 7.51. The number of thioether (sulfide) groups is 1. The summed E-state index contributed by atoms with van der Waals surface area (Å²) < 4.78 is 5.55. The van der Waals surface area contributed by atoms with Gasteiger partial charge in [-0.05, 0) is 30.7 Å². The highest BCUT2D eigenvalue weighted by Crippen LogP contribution is 2.32. The van der Waals surface area contributed by atoms with Gasteiger partial charge in [0.2, 0.25) is 0 Å². The Morgan fingerprint density at radius 1 is 1.21 bits per heavy atom. The lowest BCUT2D eigenvalue weighted by atomic mass is 10.1. The number of nitrogens with one attached hydrogen (secondary N) is 1. The smallest absolute Gasteiger partial charge is 0.252 e. The second-order valence-electron chi connectivity index (χ2n) is 6.57. The van der Waals surface area contributed by atoms with Gasteiger partial charge in [0.05, 0.1) is 17.7 Å². The number of furan rings is 1. The Labute approximate surface area is 172 Å². The first-order valence-corrected chi connectivity index (χ1v) is 9.92. The first-order chi connectivity index (χ1) is 14.0. The van der Waals surface area contributed by atoms with Crippen molar-refractivity contribution in [2.45, 2.75) is 18.1 Å². The number of carbonyl (C=O) groups is 1. The van der Waals surface area contributed by atoms with Crippen molar-refractivity contribution in [3.8, 4) is 0 Å². The Balaban J connectivity index is 1.53. The maximum Gasteiger partial charge on any atom is 0.252 e. The highest BCUT2D eigenvalue weighted by Gasteiger charge is 2.32. The molecule has 0 aliphatic carbocycles. The van der Waals surface area contributed by atoms with Crippen molar-refractivity contribution in [3.63, 3.8) is 0 Å². The molecule has 148 valence electrons. The molecule has 0 saturated heterocycles. The predicted molar refractivity (Wildman–Crippen MR) is 112 cm³/mol. The molecule has 0 radical (unpaired) electrons. The van der Waals surface area contributed by atoms with Crippen LogP contribution in [0.25, 0.3) is 5.70 Å². The zero-order valence-electron chi connectivity index (χ0n) is 15.7. The van der Waals surface area contributed by atoms with Gasteiger partial charge in [-0.25, -0.2) is 15.0 Å². The van der Waals surface area contributed by atoms with Gasteiger partial charge in [-0.3, -0.25) is 10.2 Å². The van der Waals surface area contributed by atoms with E-state index in [9.17, 15) is 4.79 Å². The van der Waals surface area contributed by atoms with Crippen molar-refractivity contribution >= 4 is 35.0 Å². The van der Waals surface area contributed by atoms with E-state index in [4.69, 9.17) is 15.9 Å². The zero-order chi connectivity index (χ0) is 20.4. The number of hydrogen-bond acceptors (Lipinski definition) is 8. The summed E-state index contributed by atoms with van der Waals surface area (Å²) in [6, 6.07) is 12.8. The molecule has 0 spiro atoms. The van der Waals surface area contributed by atoms with Crippen molar-refractivity contribution < 1.29 is 9.21 Å². The molecule has 1 atom stereocenters. The number of hydrogen-bond donors (Lipinski definition) is 3. The molecule has 0 bridgehead atoms. The van der Waals surface area contributed by atoms with Crippen molar-refractivity contribution in [3.05, 3.63) is 71.7 Å². The highest BCUT2D eigenvalue weighted by molar-refractivity contribution is 7.99. The number of aryl methyl sites for hydroxylation is 1. The minimum Gasteiger partial charge on any atom is -0.467 e. The molecule has 1 aliphatic rings. The lowest BCUT2D eigenvalue weighted by Gasteiger charge is -2.23. The van der Waals surface area contributed by atoms with Crippen molar-refractivity contribution in [2.24, 2.45) is 0 Å². The van der Waals surface area contributed by atoms with Crippen LogP contribution in [0.5, 0.6) is 0 Å². The Kier molecular flexibility index (Phi) is 5.13. The van der Waals surface area contributed by atoms with E-state index in [1.807, 2.05) is 43.3 Å². The van der Waals surface area contributed by atoms with Crippen LogP contribution in [0.1, 0.15) is 22.9 Å². The molecule has 8 nitrogen and oxygen atoms in total. The van der Waals surface area contributed by atoms with E-state index < -0.39 is 0 Å². The average Bonchev–Trinajstić information content (AvgIpc) is 3.35. The first kappa shape index (κ1) is 18.9. The standard InChI is InChI=1S/C20H20N6O2S/c1-12-4-6-13(7-5-12)14-9-15(16-3-2-8-28-16)26(25-14)19(27)11-29-20-23-17(21)10-18(22)24-20/h2-10,15,25H,11H2,1H3,(H4,21,22,23,24)/t15-/m1/s1. The molecule has 0 fully saturated rings. The van der Waals surface area contributed by atoms with Crippen molar-refractivity contribution in [1.82, 2.24) is 20.4 Å². The summed E-state index contributed by atoms with van der Waals surface area (Å²) in [6.07, 6.45) is 3.56. The third-order valence-corrected chi connectivity index (χ3v) is 5.21. The van der Waals surface area contributed by atoms with Gasteiger partial charge in [-0.1, -0.05) is 41.6 Å². The summed E-state index contributed by atoms with van der Waals surface area (Å²) in [6.45, 7) is 2.03. The van der Waals surface area contributed by atoms with E-state index in [0.29, 0.717) is 10.9 Å². The SMILES string of the molecule is Cc1ccc(C2=C[C@H](c3ccco3)N(C(=O)CSc3nc(N)cc(N)n3)N2)cc1. The number of benzene rings is 1. The maximum atomic E-state index is 13.0. The number of aromatic nitrogens is 2. The number of nitrogens with zero attached hydrogens (tertiary/aromatic N) is 3. The Morgan fingerprint density at radius 2 is 1.93 bits per heavy atom. The van der Waals surface area contributed by atoms with Crippen LogP contribution in [0.3, 0.4) is 0 Å². The lowest BCUT2D eigenvalue weighted by Crippen LogP contribution is -2.40. The summed E-state index contributed by atoms with van der Waals surface area (Å²) in [5.74, 6) is 1.16. The second kappa shape index (κ2) is 7.88. The van der Waals surface area contributed by atoms with Crippen molar-refractivity contribution in [2.75, 3.05) is 17.2 Å². The van der Waals surface area contributed by atoms with Crippen molar-refractivity contribution in [1.29, 1.82) is 0 Å². The van der Waals surface area contributed by atoms with Gasteiger partial charge < -0.3 is 15.9 Å². The van der Waals surface area contributed by atoms with Gasteiger partial charge in [-0.15, -0.1) is 0 Å². The fraction of sp³-hybridized carbons (Fsp3) is 0.150. The molecule has 29 heavy (non-hydrogen) atoms. The van der Waals surface area contributed by atoms with E-state index >= 15 is 0 Å². The number of nitrogens with two attached hydrogens (primary N) is 2. The van der Waals surface area contributed by atoms with Gasteiger partial charge in [-0.2, -0.15) is 0 Å². The van der Waals surface area contributed by atoms with Crippen LogP contribution in [0.4, 0.5) is 11.6 Å². The van der Waals surface area contributed by atoms with Gasteiger partial charge in [0, 0.05) is 6.07 Å². The molecule has 5 N–H and O–H groups in total. The molecule has 0 unspecified atom stereocenters. The molecule has 1 aromatic carbocycles. The molecule has 2 aromatic heterocycles. The average molecular weight is 408 g/mol. The van der Waals surface area contributed by atoms with E-state index in [1.165, 1.54) is 23.4 Å². The topological polar surface area (TPSA) is 123 Å². The third kappa shape index (κ3) is 4.19. The van der Waals surface area contributed by atoms with Crippen LogP contribution < -0.4 is 16.9 Å². The van der Waals surface area contributed by atoms with Crippen LogP contribution in [0.15, 0.2) is 64.4 Å². The fourth-order valence-corrected chi connectivity index (χ4v) is 3.70. The van der Waals surface area contributed by atoms with Crippen LogP contribution in [-0.2, 0) is 4.79 Å². The maximum absolute atomic E-state index is 13.0. The summed E-state index contributed by atoms with van der Waals surface area (Å²) in [5.41, 5.74) is 17.6. The van der Waals surface area contributed by atoms with E-state index in [2.05, 4.69) is 15.4 Å². The number of carbonyl (C=O) groups excluding carboxylic acids is 1. The third-order valence-electron chi connectivity index (χ3n) is 4.38. The molecular formula is C20H20N6O2S. The zero-order valence-corrected chi connectivity index (χ0v) is 16.5. The number of amides is 1. The summed E-state index contributed by atoms with van der Waals surface area (Å²) in [4.78, 5) is 21.2. The minimum absolute atomic E-state index is 0.113. The highest BCUT2D eigenvalue weighted by atomic mass is 32.2. The molecule has 0 saturated carbocycles.